The van der Waals surface area contributed by atoms with E-state index in [1.807, 2.05) is 0 Å². The SMILES string of the molecule is CC(C)(C)OC(=O)N1CSC(=N)C1C(=O)S. The quantitative estimate of drug-likeness (QED) is 0.706. The summed E-state index contributed by atoms with van der Waals surface area (Å²) < 4.78 is 5.14. The highest BCUT2D eigenvalue weighted by Gasteiger charge is 2.39. The van der Waals surface area contributed by atoms with E-state index >= 15 is 0 Å². The van der Waals surface area contributed by atoms with Gasteiger partial charge in [0.1, 0.15) is 5.60 Å². The maximum Gasteiger partial charge on any atom is 0.411 e. The van der Waals surface area contributed by atoms with Gasteiger partial charge in [-0.3, -0.25) is 15.1 Å². The number of thioether (sulfide) groups is 1. The zero-order valence-electron chi connectivity index (χ0n) is 9.31. The summed E-state index contributed by atoms with van der Waals surface area (Å²) in [6, 6.07) is -0.900. The molecule has 1 aliphatic heterocycles. The normalized spacial score (nSPS) is 21.1. The Morgan fingerprint density at radius 3 is 2.56 bits per heavy atom. The third kappa shape index (κ3) is 3.15. The molecule has 1 N–H and O–H groups in total. The summed E-state index contributed by atoms with van der Waals surface area (Å²) >= 11 is 4.81. The Balaban J connectivity index is 2.77. The van der Waals surface area contributed by atoms with Crippen LogP contribution in [0.15, 0.2) is 0 Å². The van der Waals surface area contributed by atoms with E-state index in [1.54, 1.807) is 20.8 Å². The van der Waals surface area contributed by atoms with Crippen LogP contribution in [0.25, 0.3) is 0 Å². The van der Waals surface area contributed by atoms with Crippen LogP contribution in [0.5, 0.6) is 0 Å². The molecular formula is C9H14N2O3S2. The number of thiol groups is 1. The lowest BCUT2D eigenvalue weighted by Crippen LogP contribution is -2.44. The average Bonchev–Trinajstić information content (AvgIpc) is 2.43. The molecule has 1 unspecified atom stereocenters. The van der Waals surface area contributed by atoms with Crippen molar-refractivity contribution >= 4 is 40.6 Å². The number of carbonyl (C=O) groups excluding carboxylic acids is 2. The van der Waals surface area contributed by atoms with Gasteiger partial charge in [0.25, 0.3) is 0 Å². The standard InChI is InChI=1S/C9H14N2O3S2/c1-9(2,3)14-8(13)11-4-16-6(10)5(11)7(12)15/h5,10H,4H2,1-3H3,(H,12,15). The average molecular weight is 262 g/mol. The van der Waals surface area contributed by atoms with Crippen LogP contribution in [-0.2, 0) is 9.53 Å². The number of amides is 1. The van der Waals surface area contributed by atoms with Gasteiger partial charge in [-0.05, 0) is 20.8 Å². The number of nitrogens with zero attached hydrogens (tertiary/aromatic N) is 1. The van der Waals surface area contributed by atoms with E-state index in [0.29, 0.717) is 0 Å². The van der Waals surface area contributed by atoms with Crippen molar-refractivity contribution in [2.75, 3.05) is 5.88 Å². The topological polar surface area (TPSA) is 70.5 Å². The van der Waals surface area contributed by atoms with Gasteiger partial charge >= 0.3 is 6.09 Å². The molecular weight excluding hydrogens is 248 g/mol. The fourth-order valence-electron chi connectivity index (χ4n) is 1.16. The van der Waals surface area contributed by atoms with Gasteiger partial charge in [-0.2, -0.15) is 0 Å². The fraction of sp³-hybridized carbons (Fsp3) is 0.667. The molecule has 5 nitrogen and oxygen atoms in total. The molecule has 0 aromatic carbocycles. The van der Waals surface area contributed by atoms with Crippen molar-refractivity contribution < 1.29 is 14.3 Å². The Bertz CT molecular complexity index is 338. The summed E-state index contributed by atoms with van der Waals surface area (Å²) in [7, 11) is 0. The predicted octanol–water partition coefficient (Wildman–Crippen LogP) is 1.73. The van der Waals surface area contributed by atoms with Gasteiger partial charge < -0.3 is 4.74 Å². The van der Waals surface area contributed by atoms with Crippen LogP contribution in [0.3, 0.4) is 0 Å². The highest BCUT2D eigenvalue weighted by atomic mass is 32.2. The van der Waals surface area contributed by atoms with E-state index in [9.17, 15) is 9.59 Å². The molecule has 1 aliphatic rings. The van der Waals surface area contributed by atoms with Crippen LogP contribution in [-0.4, -0.2) is 38.7 Å². The van der Waals surface area contributed by atoms with Gasteiger partial charge in [-0.25, -0.2) is 4.79 Å². The largest absolute Gasteiger partial charge is 0.444 e. The molecule has 0 saturated carbocycles. The van der Waals surface area contributed by atoms with E-state index in [2.05, 4.69) is 12.6 Å². The molecule has 1 rings (SSSR count). The van der Waals surface area contributed by atoms with Crippen LogP contribution in [0.4, 0.5) is 4.79 Å². The molecule has 0 bridgehead atoms. The molecule has 1 amide bonds. The lowest BCUT2D eigenvalue weighted by molar-refractivity contribution is -0.113. The molecule has 1 atom stereocenters. The third-order valence-corrected chi connectivity index (χ3v) is 2.97. The van der Waals surface area contributed by atoms with Crippen LogP contribution in [0, 0.1) is 5.41 Å². The number of hydrogen-bond donors (Lipinski definition) is 2. The van der Waals surface area contributed by atoms with Gasteiger partial charge in [0.05, 0.1) is 10.9 Å². The Morgan fingerprint density at radius 2 is 2.12 bits per heavy atom. The first-order valence-electron chi connectivity index (χ1n) is 4.66. The minimum Gasteiger partial charge on any atom is -0.444 e. The van der Waals surface area contributed by atoms with Crippen molar-refractivity contribution in [2.45, 2.75) is 32.4 Å². The monoisotopic (exact) mass is 262 g/mol. The second-order valence-corrected chi connectivity index (χ2v) is 5.76. The van der Waals surface area contributed by atoms with Crippen LogP contribution >= 0.6 is 24.4 Å². The summed E-state index contributed by atoms with van der Waals surface area (Å²) in [4.78, 5) is 24.1. The van der Waals surface area contributed by atoms with Crippen molar-refractivity contribution in [3.63, 3.8) is 0 Å². The van der Waals surface area contributed by atoms with E-state index in [4.69, 9.17) is 10.1 Å². The van der Waals surface area contributed by atoms with Crippen LogP contribution in [0.1, 0.15) is 20.8 Å². The van der Waals surface area contributed by atoms with Gasteiger partial charge in [0.15, 0.2) is 6.04 Å². The Hall–Kier alpha value is -0.690. The van der Waals surface area contributed by atoms with Gasteiger partial charge in [-0.1, -0.05) is 11.8 Å². The lowest BCUT2D eigenvalue weighted by Gasteiger charge is -2.26. The van der Waals surface area contributed by atoms with Gasteiger partial charge in [0.2, 0.25) is 5.12 Å². The third-order valence-electron chi connectivity index (χ3n) is 1.78. The van der Waals surface area contributed by atoms with E-state index in [0.717, 1.165) is 11.8 Å². The molecule has 1 heterocycles. The van der Waals surface area contributed by atoms with E-state index < -0.39 is 22.9 Å². The summed E-state index contributed by atoms with van der Waals surface area (Å²) in [6.45, 7) is 5.24. The summed E-state index contributed by atoms with van der Waals surface area (Å²) in [5, 5.41) is 7.15. The lowest BCUT2D eigenvalue weighted by atomic mass is 10.2. The maximum absolute atomic E-state index is 11.7. The first kappa shape index (κ1) is 13.4. The van der Waals surface area contributed by atoms with E-state index in [-0.39, 0.29) is 10.9 Å². The summed E-state index contributed by atoms with van der Waals surface area (Å²) in [6.07, 6.45) is -0.588. The number of rotatable bonds is 1. The molecule has 0 radical (unpaired) electrons. The van der Waals surface area contributed by atoms with Crippen molar-refractivity contribution in [3.8, 4) is 0 Å². The predicted molar refractivity (Wildman–Crippen MR) is 66.0 cm³/mol. The fourth-order valence-corrected chi connectivity index (χ4v) is 2.44. The van der Waals surface area contributed by atoms with Crippen molar-refractivity contribution in [3.05, 3.63) is 0 Å². The first-order valence-corrected chi connectivity index (χ1v) is 6.09. The molecule has 7 heteroatoms. The van der Waals surface area contributed by atoms with Gasteiger partial charge in [-0.15, -0.1) is 12.6 Å². The minimum atomic E-state index is -0.900. The molecule has 90 valence electrons. The minimum absolute atomic E-state index is 0.130. The second-order valence-electron chi connectivity index (χ2n) is 4.33. The Morgan fingerprint density at radius 1 is 1.56 bits per heavy atom. The van der Waals surface area contributed by atoms with Crippen molar-refractivity contribution in [1.82, 2.24) is 4.90 Å². The molecule has 0 aliphatic carbocycles. The Labute approximate surface area is 104 Å². The smallest absolute Gasteiger partial charge is 0.411 e. The van der Waals surface area contributed by atoms with E-state index in [1.165, 1.54) is 4.90 Å². The molecule has 1 fully saturated rings. The molecule has 1 saturated heterocycles. The highest BCUT2D eigenvalue weighted by molar-refractivity contribution is 8.14. The highest BCUT2D eigenvalue weighted by Crippen LogP contribution is 2.26. The van der Waals surface area contributed by atoms with Gasteiger partial charge in [0, 0.05) is 0 Å². The van der Waals surface area contributed by atoms with Crippen LogP contribution in [0.2, 0.25) is 0 Å². The molecule has 0 aromatic heterocycles. The second kappa shape index (κ2) is 4.67. The first-order chi connectivity index (χ1) is 7.22. The zero-order valence-corrected chi connectivity index (χ0v) is 11.0. The number of carbonyl (C=O) groups is 2. The zero-order chi connectivity index (χ0) is 12.5. The maximum atomic E-state index is 11.7. The Kier molecular flexibility index (Phi) is 3.90. The van der Waals surface area contributed by atoms with Crippen LogP contribution < -0.4 is 0 Å². The number of ether oxygens (including phenoxy) is 1. The number of hydrogen-bond acceptors (Lipinski definition) is 5. The molecule has 16 heavy (non-hydrogen) atoms. The molecule has 0 aromatic rings. The summed E-state index contributed by atoms with van der Waals surface area (Å²) in [5.74, 6) is 0.255. The summed E-state index contributed by atoms with van der Waals surface area (Å²) in [5.41, 5.74) is -0.614. The van der Waals surface area contributed by atoms with Crippen molar-refractivity contribution in [2.24, 2.45) is 0 Å². The molecule has 0 spiro atoms. The number of nitrogens with one attached hydrogen (secondary N) is 1. The van der Waals surface area contributed by atoms with Crippen molar-refractivity contribution in [1.29, 1.82) is 5.41 Å².